The first-order chi connectivity index (χ1) is 14.3. The number of thiazole rings is 1. The summed E-state index contributed by atoms with van der Waals surface area (Å²) in [6.45, 7) is 6.57. The second-order valence-corrected chi connectivity index (χ2v) is 11.5. The minimum absolute atomic E-state index is 0.0843. The molecule has 1 aromatic heterocycles. The van der Waals surface area contributed by atoms with Crippen molar-refractivity contribution in [2.45, 2.75) is 57.4 Å². The lowest BCUT2D eigenvalue weighted by Gasteiger charge is -2.32. The van der Waals surface area contributed by atoms with Crippen LogP contribution in [0.15, 0.2) is 27.8 Å². The number of aliphatic imine (C=N–C) groups is 1. The number of fused-ring (bicyclic) bond motifs is 1. The summed E-state index contributed by atoms with van der Waals surface area (Å²) in [4.78, 5) is 24.3. The first kappa shape index (κ1) is 21.5. The van der Waals surface area contributed by atoms with Gasteiger partial charge in [0.2, 0.25) is 10.0 Å². The van der Waals surface area contributed by atoms with Crippen molar-refractivity contribution >= 4 is 33.2 Å². The molecule has 2 aliphatic heterocycles. The molecular formula is C20H28N4O4S2. The maximum absolute atomic E-state index is 12.9. The molecule has 3 heterocycles. The molecule has 164 valence electrons. The molecule has 0 aromatic carbocycles. The number of rotatable bonds is 7. The predicted octanol–water partition coefficient (Wildman–Crippen LogP) is 2.24. The van der Waals surface area contributed by atoms with Crippen molar-refractivity contribution in [3.63, 3.8) is 0 Å². The van der Waals surface area contributed by atoms with Crippen LogP contribution in [0.1, 0.15) is 45.0 Å². The molecule has 1 saturated heterocycles. The monoisotopic (exact) mass is 452 g/mol. The van der Waals surface area contributed by atoms with Gasteiger partial charge in [0.05, 0.1) is 23.5 Å². The summed E-state index contributed by atoms with van der Waals surface area (Å²) in [7, 11) is -1.67. The molecule has 30 heavy (non-hydrogen) atoms. The smallest absolute Gasteiger partial charge is 0.337 e. The Bertz CT molecular complexity index is 980. The average Bonchev–Trinajstić information content (AvgIpc) is 3.26. The summed E-state index contributed by atoms with van der Waals surface area (Å²) < 4.78 is 32.6. The Morgan fingerprint density at radius 3 is 2.70 bits per heavy atom. The first-order valence-corrected chi connectivity index (χ1v) is 12.8. The highest BCUT2D eigenvalue weighted by atomic mass is 32.2. The van der Waals surface area contributed by atoms with Gasteiger partial charge in [-0.3, -0.25) is 4.99 Å². The van der Waals surface area contributed by atoms with Crippen LogP contribution >= 0.6 is 11.3 Å². The van der Waals surface area contributed by atoms with E-state index in [2.05, 4.69) is 4.98 Å². The van der Waals surface area contributed by atoms with Gasteiger partial charge in [0.15, 0.2) is 10.8 Å². The van der Waals surface area contributed by atoms with Crippen molar-refractivity contribution in [1.82, 2.24) is 14.2 Å². The van der Waals surface area contributed by atoms with Gasteiger partial charge in [-0.2, -0.15) is 4.31 Å². The average molecular weight is 453 g/mol. The molecule has 1 saturated carbocycles. The fourth-order valence-electron chi connectivity index (χ4n) is 4.11. The number of aromatic nitrogens is 1. The topological polar surface area (TPSA) is 92.2 Å². The molecule has 4 rings (SSSR count). The number of amidine groups is 1. The van der Waals surface area contributed by atoms with E-state index in [9.17, 15) is 13.2 Å². The van der Waals surface area contributed by atoms with Gasteiger partial charge in [-0.1, -0.05) is 13.8 Å². The number of nitrogens with zero attached hydrogens (tertiary/aromatic N) is 4. The van der Waals surface area contributed by atoms with Gasteiger partial charge in [-0.05, 0) is 25.7 Å². The number of likely N-dealkylation sites (N-methyl/N-ethyl adjacent to an activating group) is 1. The fraction of sp³-hybridized carbons (Fsp3) is 0.650. The lowest BCUT2D eigenvalue weighted by molar-refractivity contribution is -0.139. The van der Waals surface area contributed by atoms with Gasteiger partial charge in [0, 0.05) is 43.3 Å². The van der Waals surface area contributed by atoms with E-state index >= 15 is 0 Å². The summed E-state index contributed by atoms with van der Waals surface area (Å²) in [6.07, 6.45) is 3.64. The highest BCUT2D eigenvalue weighted by Crippen LogP contribution is 2.40. The second kappa shape index (κ2) is 8.05. The van der Waals surface area contributed by atoms with Crippen molar-refractivity contribution in [3.8, 4) is 0 Å². The van der Waals surface area contributed by atoms with Gasteiger partial charge >= 0.3 is 5.97 Å². The highest BCUT2D eigenvalue weighted by Gasteiger charge is 2.47. The first-order valence-electron chi connectivity index (χ1n) is 10.4. The maximum Gasteiger partial charge on any atom is 0.337 e. The molecule has 0 N–H and O–H groups in total. The second-order valence-electron chi connectivity index (χ2n) is 8.29. The molecule has 0 spiro atoms. The van der Waals surface area contributed by atoms with Crippen LogP contribution in [0, 0.1) is 5.92 Å². The Morgan fingerprint density at radius 1 is 1.40 bits per heavy atom. The lowest BCUT2D eigenvalue weighted by Crippen LogP contribution is -2.43. The van der Waals surface area contributed by atoms with Crippen LogP contribution in [0.5, 0.6) is 0 Å². The van der Waals surface area contributed by atoms with E-state index in [1.807, 2.05) is 24.1 Å². The van der Waals surface area contributed by atoms with Crippen LogP contribution in [0.25, 0.3) is 0 Å². The van der Waals surface area contributed by atoms with E-state index in [4.69, 9.17) is 9.73 Å². The van der Waals surface area contributed by atoms with Crippen LogP contribution in [0.2, 0.25) is 0 Å². The Balaban J connectivity index is 1.77. The molecule has 2 atom stereocenters. The van der Waals surface area contributed by atoms with Gasteiger partial charge in [-0.25, -0.2) is 18.2 Å². The summed E-state index contributed by atoms with van der Waals surface area (Å²) in [5.74, 6) is 0.430. The number of esters is 1. The van der Waals surface area contributed by atoms with E-state index in [1.165, 1.54) is 15.6 Å². The van der Waals surface area contributed by atoms with E-state index in [0.29, 0.717) is 24.4 Å². The van der Waals surface area contributed by atoms with E-state index in [0.717, 1.165) is 23.5 Å². The van der Waals surface area contributed by atoms with Gasteiger partial charge in [-0.15, -0.1) is 11.3 Å². The number of sulfonamides is 1. The Hall–Kier alpha value is -1.78. The van der Waals surface area contributed by atoms with Crippen molar-refractivity contribution in [3.05, 3.63) is 27.9 Å². The van der Waals surface area contributed by atoms with Crippen molar-refractivity contribution < 1.29 is 17.9 Å². The van der Waals surface area contributed by atoms with Crippen LogP contribution < -0.4 is 0 Å². The Morgan fingerprint density at radius 2 is 2.13 bits per heavy atom. The molecule has 1 aliphatic carbocycles. The van der Waals surface area contributed by atoms with Crippen LogP contribution in [-0.4, -0.2) is 71.9 Å². The minimum Gasteiger partial charge on any atom is -0.463 e. The molecule has 1 aromatic rings. The minimum atomic E-state index is -3.33. The largest absolute Gasteiger partial charge is 0.463 e. The third-order valence-corrected chi connectivity index (χ3v) is 9.07. The Labute approximate surface area is 181 Å². The zero-order valence-electron chi connectivity index (χ0n) is 17.7. The zero-order valence-corrected chi connectivity index (χ0v) is 19.4. The summed E-state index contributed by atoms with van der Waals surface area (Å²) >= 11 is 1.49. The number of hydrogen-bond acceptors (Lipinski definition) is 8. The third kappa shape index (κ3) is 3.69. The summed E-state index contributed by atoms with van der Waals surface area (Å²) in [5.41, 5.74) is 1.36. The molecule has 0 radical (unpaired) electrons. The summed E-state index contributed by atoms with van der Waals surface area (Å²) in [6, 6.07) is -0.607. The standard InChI is InChI=1S/C20H28N4O4S2/c1-5-28-20(25)16-15-10-13(23(4)30(26,27)14-6-7-14)11-24(15)18(19-21-8-9-29-19)22-17(16)12(2)3/h8-9,12-14,17H,5-7,10-11H2,1-4H3/t13-,17-/m0/s1. The Kier molecular flexibility index (Phi) is 5.75. The molecule has 8 nitrogen and oxygen atoms in total. The number of carbonyl (C=O) groups is 1. The number of carbonyl (C=O) groups excluding carboxylic acids is 1. The summed E-state index contributed by atoms with van der Waals surface area (Å²) in [5, 5.41) is 2.40. The molecule has 0 amide bonds. The normalized spacial score (nSPS) is 24.5. The quantitative estimate of drug-likeness (QED) is 0.589. The van der Waals surface area contributed by atoms with Gasteiger partial charge in [0.25, 0.3) is 0 Å². The SMILES string of the molecule is CCOC(=O)C1=C2C[C@H](N(C)S(=O)(=O)C3CC3)CN2C(c2nccs2)=N[C@H]1C(C)C. The van der Waals surface area contributed by atoms with E-state index in [-0.39, 0.29) is 35.8 Å². The van der Waals surface area contributed by atoms with E-state index in [1.54, 1.807) is 20.2 Å². The molecule has 2 fully saturated rings. The van der Waals surface area contributed by atoms with Gasteiger partial charge in [0.1, 0.15) is 0 Å². The third-order valence-electron chi connectivity index (χ3n) is 5.88. The zero-order chi connectivity index (χ0) is 21.6. The lowest BCUT2D eigenvalue weighted by atomic mass is 9.92. The fourth-order valence-corrected chi connectivity index (χ4v) is 6.51. The molecular weight excluding hydrogens is 424 g/mol. The van der Waals surface area contributed by atoms with Crippen molar-refractivity contribution in [2.75, 3.05) is 20.2 Å². The van der Waals surface area contributed by atoms with Crippen molar-refractivity contribution in [2.24, 2.45) is 10.9 Å². The van der Waals surface area contributed by atoms with Crippen LogP contribution in [0.3, 0.4) is 0 Å². The molecule has 10 heteroatoms. The maximum atomic E-state index is 12.9. The van der Waals surface area contributed by atoms with Crippen molar-refractivity contribution in [1.29, 1.82) is 0 Å². The van der Waals surface area contributed by atoms with Crippen LogP contribution in [-0.2, 0) is 19.6 Å². The van der Waals surface area contributed by atoms with Gasteiger partial charge < -0.3 is 9.64 Å². The molecule has 3 aliphatic rings. The number of hydrogen-bond donors (Lipinski definition) is 0. The highest BCUT2D eigenvalue weighted by molar-refractivity contribution is 7.90. The molecule has 0 unspecified atom stereocenters. The van der Waals surface area contributed by atoms with E-state index < -0.39 is 10.0 Å². The molecule has 0 bridgehead atoms. The van der Waals surface area contributed by atoms with Crippen LogP contribution in [0.4, 0.5) is 0 Å². The predicted molar refractivity (Wildman–Crippen MR) is 116 cm³/mol. The number of ether oxygens (including phenoxy) is 1.